The van der Waals surface area contributed by atoms with Gasteiger partial charge in [0.25, 0.3) is 5.91 Å². The molecule has 0 radical (unpaired) electrons. The first-order chi connectivity index (χ1) is 12.4. The van der Waals surface area contributed by atoms with Gasteiger partial charge in [0.2, 0.25) is 0 Å². The lowest BCUT2D eigenvalue weighted by atomic mass is 10.1. The summed E-state index contributed by atoms with van der Waals surface area (Å²) in [4.78, 5) is 12.2. The summed E-state index contributed by atoms with van der Waals surface area (Å²) in [6.45, 7) is 0. The topological polar surface area (TPSA) is 87.3 Å². The number of sulfone groups is 1. The second-order valence-electron chi connectivity index (χ2n) is 6.10. The second-order valence-corrected chi connectivity index (χ2v) is 8.73. The van der Waals surface area contributed by atoms with Crippen LogP contribution in [0.15, 0.2) is 54.6 Å². The van der Waals surface area contributed by atoms with Crippen LogP contribution in [0.4, 0.5) is 11.4 Å². The third-order valence-electron chi connectivity index (χ3n) is 4.00. The third-order valence-corrected chi connectivity index (χ3v) is 5.98. The van der Waals surface area contributed by atoms with Crippen LogP contribution in [-0.2, 0) is 9.84 Å². The van der Waals surface area contributed by atoms with Crippen LogP contribution in [-0.4, -0.2) is 37.0 Å². The Balaban J connectivity index is 1.54. The van der Waals surface area contributed by atoms with E-state index in [1.54, 1.807) is 24.3 Å². The van der Waals surface area contributed by atoms with E-state index in [0.29, 0.717) is 17.1 Å². The van der Waals surface area contributed by atoms with E-state index in [1.807, 2.05) is 30.3 Å². The quantitative estimate of drug-likeness (QED) is 0.696. The Bertz CT molecular complexity index is 897. The average molecular weight is 390 g/mol. The van der Waals surface area contributed by atoms with E-state index in [1.165, 1.54) is 0 Å². The maximum atomic E-state index is 12.2. The second kappa shape index (κ2) is 7.84. The van der Waals surface area contributed by atoms with Crippen molar-refractivity contribution in [3.05, 3.63) is 60.2 Å². The van der Waals surface area contributed by atoms with E-state index in [0.717, 1.165) is 11.4 Å². The third kappa shape index (κ3) is 5.03. The Morgan fingerprint density at radius 3 is 2.15 bits per heavy atom. The first-order valence-corrected chi connectivity index (χ1v) is 10.4. The molecule has 0 aliphatic carbocycles. The SMILES string of the molecule is O=C(N[C@@H]1CCS(=O)(=O)C1)c1ccc(NC(=S)Nc2ccccc2)cc1. The van der Waals surface area contributed by atoms with Crippen LogP contribution in [0.3, 0.4) is 0 Å². The number of hydrogen-bond acceptors (Lipinski definition) is 4. The molecule has 1 fully saturated rings. The molecule has 0 aromatic heterocycles. The standard InChI is InChI=1S/C18H19N3O3S2/c22-17(19-16-10-11-26(23,24)12-16)13-6-8-15(9-7-13)21-18(25)20-14-4-2-1-3-5-14/h1-9,16H,10-12H2,(H,19,22)(H2,20,21,25)/t16-/m1/s1. The molecule has 8 heteroatoms. The molecule has 3 rings (SSSR count). The van der Waals surface area contributed by atoms with Crippen LogP contribution >= 0.6 is 12.2 Å². The average Bonchev–Trinajstić information content (AvgIpc) is 2.94. The van der Waals surface area contributed by atoms with Gasteiger partial charge in [0.15, 0.2) is 14.9 Å². The summed E-state index contributed by atoms with van der Waals surface area (Å²) in [5.74, 6) is -0.131. The van der Waals surface area contributed by atoms with Gasteiger partial charge < -0.3 is 16.0 Å². The van der Waals surface area contributed by atoms with Crippen molar-refractivity contribution in [3.8, 4) is 0 Å². The molecule has 6 nitrogen and oxygen atoms in total. The van der Waals surface area contributed by atoms with Crippen LogP contribution in [0.25, 0.3) is 0 Å². The number of hydrogen-bond donors (Lipinski definition) is 3. The van der Waals surface area contributed by atoms with Gasteiger partial charge in [-0.1, -0.05) is 18.2 Å². The summed E-state index contributed by atoms with van der Waals surface area (Å²) in [6, 6.07) is 16.1. The van der Waals surface area contributed by atoms with Crippen molar-refractivity contribution in [3.63, 3.8) is 0 Å². The molecule has 1 amide bonds. The molecule has 1 heterocycles. The van der Waals surface area contributed by atoms with Gasteiger partial charge in [-0.15, -0.1) is 0 Å². The molecular formula is C18H19N3O3S2. The molecule has 136 valence electrons. The highest BCUT2D eigenvalue weighted by Crippen LogP contribution is 2.14. The number of rotatable bonds is 4. The Labute approximate surface area is 157 Å². The van der Waals surface area contributed by atoms with E-state index in [-0.39, 0.29) is 23.5 Å². The van der Waals surface area contributed by atoms with Gasteiger partial charge in [0.1, 0.15) is 0 Å². The van der Waals surface area contributed by atoms with E-state index in [2.05, 4.69) is 16.0 Å². The predicted molar refractivity (Wildman–Crippen MR) is 107 cm³/mol. The zero-order chi connectivity index (χ0) is 18.6. The summed E-state index contributed by atoms with van der Waals surface area (Å²) in [7, 11) is -3.02. The van der Waals surface area contributed by atoms with Crippen molar-refractivity contribution in [2.45, 2.75) is 12.5 Å². The highest BCUT2D eigenvalue weighted by Gasteiger charge is 2.29. The first kappa shape index (κ1) is 18.3. The van der Waals surface area contributed by atoms with Gasteiger partial charge in [-0.05, 0) is 55.0 Å². The van der Waals surface area contributed by atoms with Crippen LogP contribution in [0.2, 0.25) is 0 Å². The lowest BCUT2D eigenvalue weighted by Crippen LogP contribution is -2.35. The van der Waals surface area contributed by atoms with Gasteiger partial charge in [-0.2, -0.15) is 0 Å². The highest BCUT2D eigenvalue weighted by molar-refractivity contribution is 7.91. The molecule has 1 saturated heterocycles. The zero-order valence-corrected chi connectivity index (χ0v) is 15.6. The van der Waals surface area contributed by atoms with Crippen molar-refractivity contribution in [1.29, 1.82) is 0 Å². The molecule has 1 aliphatic heterocycles. The van der Waals surface area contributed by atoms with Crippen LogP contribution in [0, 0.1) is 0 Å². The number of nitrogens with one attached hydrogen (secondary N) is 3. The molecule has 2 aromatic rings. The summed E-state index contributed by atoms with van der Waals surface area (Å²) < 4.78 is 22.9. The number of carbonyl (C=O) groups excluding carboxylic acids is 1. The van der Waals surface area contributed by atoms with Crippen molar-refractivity contribution in [2.75, 3.05) is 22.1 Å². The molecule has 0 spiro atoms. The Morgan fingerprint density at radius 1 is 0.962 bits per heavy atom. The number of amides is 1. The molecule has 0 unspecified atom stereocenters. The number of thiocarbonyl (C=S) groups is 1. The Kier molecular flexibility index (Phi) is 5.53. The van der Waals surface area contributed by atoms with Gasteiger partial charge in [0, 0.05) is 23.0 Å². The molecule has 26 heavy (non-hydrogen) atoms. The molecule has 1 atom stereocenters. The first-order valence-electron chi connectivity index (χ1n) is 8.16. The van der Waals surface area contributed by atoms with Crippen molar-refractivity contribution < 1.29 is 13.2 Å². The van der Waals surface area contributed by atoms with Crippen LogP contribution in [0.1, 0.15) is 16.8 Å². The molecule has 3 N–H and O–H groups in total. The fourth-order valence-electron chi connectivity index (χ4n) is 2.70. The van der Waals surface area contributed by atoms with Crippen molar-refractivity contribution in [2.24, 2.45) is 0 Å². The summed E-state index contributed by atoms with van der Waals surface area (Å²) in [6.07, 6.45) is 0.465. The van der Waals surface area contributed by atoms with E-state index in [9.17, 15) is 13.2 Å². The molecule has 0 bridgehead atoms. The normalized spacial score (nSPS) is 18.1. The van der Waals surface area contributed by atoms with Crippen LogP contribution in [0.5, 0.6) is 0 Å². The van der Waals surface area contributed by atoms with Gasteiger partial charge in [0.05, 0.1) is 11.5 Å². The van der Waals surface area contributed by atoms with Crippen molar-refractivity contribution >= 4 is 44.4 Å². The van der Waals surface area contributed by atoms with Gasteiger partial charge in [-0.3, -0.25) is 4.79 Å². The predicted octanol–water partition coefficient (Wildman–Crippen LogP) is 2.41. The maximum Gasteiger partial charge on any atom is 0.251 e. The number of para-hydroxylation sites is 1. The largest absolute Gasteiger partial charge is 0.348 e. The monoisotopic (exact) mass is 389 g/mol. The lowest BCUT2D eigenvalue weighted by Gasteiger charge is -2.12. The van der Waals surface area contributed by atoms with Crippen molar-refractivity contribution in [1.82, 2.24) is 5.32 Å². The molecule has 1 aliphatic rings. The smallest absolute Gasteiger partial charge is 0.251 e. The van der Waals surface area contributed by atoms with Gasteiger partial charge >= 0.3 is 0 Å². The fraction of sp³-hybridized carbons (Fsp3) is 0.222. The minimum atomic E-state index is -3.02. The lowest BCUT2D eigenvalue weighted by molar-refractivity contribution is 0.0941. The summed E-state index contributed by atoms with van der Waals surface area (Å²) >= 11 is 5.26. The number of carbonyl (C=O) groups is 1. The van der Waals surface area contributed by atoms with Gasteiger partial charge in [-0.25, -0.2) is 8.42 Å². The zero-order valence-electron chi connectivity index (χ0n) is 13.9. The molecule has 0 saturated carbocycles. The fourth-order valence-corrected chi connectivity index (χ4v) is 4.61. The van der Waals surface area contributed by atoms with Crippen LogP contribution < -0.4 is 16.0 Å². The Morgan fingerprint density at radius 2 is 1.58 bits per heavy atom. The highest BCUT2D eigenvalue weighted by atomic mass is 32.2. The summed E-state index contributed by atoms with van der Waals surface area (Å²) in [5.41, 5.74) is 2.10. The molecular weight excluding hydrogens is 370 g/mol. The maximum absolute atomic E-state index is 12.2. The Hall–Kier alpha value is -2.45. The molecule has 2 aromatic carbocycles. The van der Waals surface area contributed by atoms with E-state index in [4.69, 9.17) is 12.2 Å². The van der Waals surface area contributed by atoms with E-state index < -0.39 is 9.84 Å². The number of anilines is 2. The van der Waals surface area contributed by atoms with E-state index >= 15 is 0 Å². The minimum Gasteiger partial charge on any atom is -0.348 e. The summed E-state index contributed by atoms with van der Waals surface area (Å²) in [5, 5.41) is 9.33. The minimum absolute atomic E-state index is 0.0117. The number of benzene rings is 2.